The zero-order valence-electron chi connectivity index (χ0n) is 39.4. The van der Waals surface area contributed by atoms with Crippen LogP contribution in [0.3, 0.4) is 0 Å². The quantitative estimate of drug-likeness (QED) is 0.0570. The average Bonchev–Trinajstić information content (AvgIpc) is 3.29. The largest absolute Gasteiger partial charge is 0.496 e. The summed E-state index contributed by atoms with van der Waals surface area (Å²) in [5, 5.41) is 4.08. The van der Waals surface area contributed by atoms with Crippen molar-refractivity contribution in [2.24, 2.45) is 5.73 Å². The summed E-state index contributed by atoms with van der Waals surface area (Å²) in [6.45, 7) is 10.8. The van der Waals surface area contributed by atoms with Crippen LogP contribution in [-0.2, 0) is 38.4 Å². The van der Waals surface area contributed by atoms with Crippen molar-refractivity contribution in [2.75, 3.05) is 55.0 Å². The highest BCUT2D eigenvalue weighted by Crippen LogP contribution is 2.28. The Balaban J connectivity index is 0. The van der Waals surface area contributed by atoms with Gasteiger partial charge in [-0.3, -0.25) is 0 Å². The van der Waals surface area contributed by atoms with Crippen LogP contribution in [0.1, 0.15) is 120 Å². The van der Waals surface area contributed by atoms with E-state index in [9.17, 15) is 0 Å². The summed E-state index contributed by atoms with van der Waals surface area (Å²) in [4.78, 5) is 49.5. The maximum Gasteiger partial charge on any atom is 0.373 e. The van der Waals surface area contributed by atoms with E-state index in [0.717, 1.165) is 76.7 Å². The molecular weight excluding hydrogens is 872 g/mol. The molecule has 0 aliphatic rings. The van der Waals surface area contributed by atoms with Crippen LogP contribution in [0.5, 0.6) is 11.5 Å². The molecular formula is C47H73ClN8O6S2. The third-order valence-electron chi connectivity index (χ3n) is 8.95. The van der Waals surface area contributed by atoms with Gasteiger partial charge in [-0.2, -0.15) is 47.7 Å². The van der Waals surface area contributed by atoms with Gasteiger partial charge in [-0.15, -0.1) is 0 Å². The van der Waals surface area contributed by atoms with Crippen molar-refractivity contribution in [1.29, 1.82) is 0 Å². The first-order valence-electron chi connectivity index (χ1n) is 21.5. The molecule has 0 saturated carbocycles. The van der Waals surface area contributed by atoms with Gasteiger partial charge in [-0.25, -0.2) is 15.0 Å². The zero-order valence-corrected chi connectivity index (χ0v) is 41.8. The fraction of sp³-hybridized carbons (Fsp3) is 0.532. The van der Waals surface area contributed by atoms with Crippen LogP contribution in [0.25, 0.3) is 0 Å². The fourth-order valence-electron chi connectivity index (χ4n) is 5.83. The number of methoxy groups -OCH3 is 2. The van der Waals surface area contributed by atoms with E-state index in [1.165, 1.54) is 50.7 Å². The van der Waals surface area contributed by atoms with E-state index in [1.807, 2.05) is 66.0 Å². The van der Waals surface area contributed by atoms with Crippen LogP contribution in [0.2, 0.25) is 5.15 Å². The summed E-state index contributed by atoms with van der Waals surface area (Å²) in [7, 11) is 3.35. The van der Waals surface area contributed by atoms with Gasteiger partial charge in [0.25, 0.3) is 0 Å². The number of carbonyl (C=O) groups excluding carboxylic acids is 4. The Kier molecular flexibility index (Phi) is 39.4. The molecule has 4 rings (SSSR count). The lowest BCUT2D eigenvalue weighted by atomic mass is 10.0. The second-order valence-electron chi connectivity index (χ2n) is 14.1. The fourth-order valence-corrected chi connectivity index (χ4v) is 7.09. The lowest BCUT2D eigenvalue weighted by Gasteiger charge is -2.22. The van der Waals surface area contributed by atoms with Gasteiger partial charge in [0.2, 0.25) is 11.9 Å². The predicted octanol–water partition coefficient (Wildman–Crippen LogP) is 9.76. The number of nitrogens with two attached hydrogens (primary N) is 3. The summed E-state index contributed by atoms with van der Waals surface area (Å²) in [6, 6.07) is 16.7. The van der Waals surface area contributed by atoms with E-state index >= 15 is 0 Å². The maximum absolute atomic E-state index is 8.12. The number of aryl methyl sites for hydroxylation is 1. The molecule has 14 nitrogen and oxygen atoms in total. The number of halogens is 1. The zero-order chi connectivity index (χ0) is 48.5. The lowest BCUT2D eigenvalue weighted by molar-refractivity contribution is -0.193. The number of aromatic nitrogens is 4. The number of anilines is 3. The number of nitrogen functional groups attached to an aromatic ring is 2. The van der Waals surface area contributed by atoms with Crippen molar-refractivity contribution in [3.63, 3.8) is 0 Å². The molecule has 7 N–H and O–H groups in total. The third-order valence-corrected chi connectivity index (χ3v) is 10.6. The Morgan fingerprint density at radius 2 is 1.20 bits per heavy atom. The van der Waals surface area contributed by atoms with Crippen molar-refractivity contribution in [1.82, 2.24) is 19.9 Å². The summed E-state index contributed by atoms with van der Waals surface area (Å²) in [5.41, 5.74) is 22.4. The first kappa shape index (κ1) is 61.4. The minimum atomic E-state index is 0.179. The summed E-state index contributed by atoms with van der Waals surface area (Å²) in [5.74, 6) is 5.44. The number of rotatable bonds is 21. The number of para-hydroxylation sites is 2. The van der Waals surface area contributed by atoms with E-state index < -0.39 is 0 Å². The molecule has 0 spiro atoms. The number of hydrogen-bond acceptors (Lipinski definition) is 16. The molecule has 0 unspecified atom stereocenters. The van der Waals surface area contributed by atoms with Gasteiger partial charge in [0.1, 0.15) is 22.5 Å². The Hall–Kier alpha value is -4.69. The molecule has 2 aromatic carbocycles. The Morgan fingerprint density at radius 3 is 1.69 bits per heavy atom. The molecule has 64 heavy (non-hydrogen) atoms. The van der Waals surface area contributed by atoms with Gasteiger partial charge in [0.05, 0.1) is 19.9 Å². The van der Waals surface area contributed by atoms with Crippen molar-refractivity contribution in [3.05, 3.63) is 87.8 Å². The molecule has 2 aromatic heterocycles. The number of thioether (sulfide) groups is 2. The Bertz CT molecular complexity index is 1840. The predicted molar refractivity (Wildman–Crippen MR) is 265 cm³/mol. The molecule has 2 heterocycles. The monoisotopic (exact) mass is 944 g/mol. The number of ether oxygens (including phenoxy) is 2. The summed E-state index contributed by atoms with van der Waals surface area (Å²) < 4.78 is 10.8. The second-order valence-corrected chi connectivity index (χ2v) is 16.4. The molecule has 2 atom stereocenters. The van der Waals surface area contributed by atoms with Crippen molar-refractivity contribution >= 4 is 65.1 Å². The molecule has 356 valence electrons. The first-order valence-corrected chi connectivity index (χ1v) is 24.7. The SMILES string of the molecule is CCC.CCCC[C@@H](CCSC)Nc1nc(N)nc(CC)c1Cc1ccccc1OC.CCCC[C@H](N)CCSC.COc1ccccc1Cc1cnc(N)nc1Cl.O=C=O.O=C=O. The normalized spacial score (nSPS) is 10.6. The van der Waals surface area contributed by atoms with Crippen LogP contribution in [0.4, 0.5) is 17.7 Å². The van der Waals surface area contributed by atoms with Crippen LogP contribution in [0, 0.1) is 0 Å². The number of hydrogen-bond donors (Lipinski definition) is 4. The maximum atomic E-state index is 8.12. The van der Waals surface area contributed by atoms with Gasteiger partial charge in [-0.1, -0.05) is 115 Å². The lowest BCUT2D eigenvalue weighted by Crippen LogP contribution is -2.23. The first-order chi connectivity index (χ1) is 30.9. The number of benzene rings is 2. The van der Waals surface area contributed by atoms with Gasteiger partial charge in [-0.05, 0) is 79.4 Å². The number of nitrogens with one attached hydrogen (secondary N) is 1. The van der Waals surface area contributed by atoms with Crippen molar-refractivity contribution in [3.8, 4) is 11.5 Å². The molecule has 0 radical (unpaired) electrons. The van der Waals surface area contributed by atoms with Crippen molar-refractivity contribution < 1.29 is 28.7 Å². The molecule has 0 amide bonds. The molecule has 0 saturated heterocycles. The third kappa shape index (κ3) is 28.2. The Morgan fingerprint density at radius 1 is 0.703 bits per heavy atom. The molecule has 0 aliphatic heterocycles. The smallest absolute Gasteiger partial charge is 0.373 e. The van der Waals surface area contributed by atoms with Crippen molar-refractivity contribution in [2.45, 2.75) is 124 Å². The number of unbranched alkanes of at least 4 members (excludes halogenated alkanes) is 2. The highest BCUT2D eigenvalue weighted by atomic mass is 35.5. The molecule has 0 fully saturated rings. The molecule has 0 bridgehead atoms. The van der Waals surface area contributed by atoms with Crippen LogP contribution in [-0.4, -0.2) is 82.6 Å². The van der Waals surface area contributed by atoms with Gasteiger partial charge >= 0.3 is 12.3 Å². The van der Waals surface area contributed by atoms with E-state index in [1.54, 1.807) is 20.4 Å². The van der Waals surface area contributed by atoms with E-state index in [-0.39, 0.29) is 18.3 Å². The molecule has 0 aliphatic carbocycles. The molecule has 17 heteroatoms. The Labute approximate surface area is 395 Å². The minimum absolute atomic E-state index is 0.179. The van der Waals surface area contributed by atoms with Gasteiger partial charge in [0.15, 0.2) is 0 Å². The standard InChI is InChI=1S/C22H34N4OS.C12H12ClN3O.C8H19NS.C3H8.2CO2/c1-5-7-11-17(13-14-28-4)24-21-18(19(6-2)25-22(23)26-21)15-16-10-8-9-12-20(16)27-3;1-17-10-5-3-2-4-8(10)6-9-7-15-12(14)16-11(9)13;1-3-4-5-8(9)6-7-10-2;1-3-2;2*2-1-3/h8-10,12,17H,5-7,11,13-15H2,1-4H3,(H3,23,24,25,26);2-5,7H,6H2,1H3,(H2,14,15,16);8H,3-7,9H2,1-2H3;3H2,1-2H3;;/t17-;;8-;;;/m0.0.../s1. The van der Waals surface area contributed by atoms with Gasteiger partial charge < -0.3 is 32.0 Å². The topological polar surface area (TPSA) is 228 Å². The summed E-state index contributed by atoms with van der Waals surface area (Å²) in [6.07, 6.45) is 19.4. The van der Waals surface area contributed by atoms with E-state index in [2.05, 4.69) is 78.4 Å². The minimum Gasteiger partial charge on any atom is -0.496 e. The second kappa shape index (κ2) is 41.0. The van der Waals surface area contributed by atoms with Crippen LogP contribution in [0.15, 0.2) is 54.7 Å². The summed E-state index contributed by atoms with van der Waals surface area (Å²) >= 11 is 9.77. The van der Waals surface area contributed by atoms with E-state index in [0.29, 0.717) is 29.6 Å². The van der Waals surface area contributed by atoms with Gasteiger partial charge in [0, 0.05) is 42.2 Å². The molecule has 4 aromatic rings. The number of nitrogens with zero attached hydrogens (tertiary/aromatic N) is 4. The highest BCUT2D eigenvalue weighted by molar-refractivity contribution is 7.98. The highest BCUT2D eigenvalue weighted by Gasteiger charge is 2.18. The van der Waals surface area contributed by atoms with Crippen LogP contribution < -0.4 is 32.0 Å². The average molecular weight is 946 g/mol. The van der Waals surface area contributed by atoms with E-state index in [4.69, 9.17) is 57.5 Å². The van der Waals surface area contributed by atoms with Crippen LogP contribution >= 0.6 is 35.1 Å².